The molecule has 0 bridgehead atoms. The number of carboxylic acid groups (broad SMARTS) is 1. The molecule has 0 aliphatic carbocycles. The summed E-state index contributed by atoms with van der Waals surface area (Å²) in [4.78, 5) is 44.0. The summed E-state index contributed by atoms with van der Waals surface area (Å²) < 4.78 is 0. The topological polar surface area (TPSA) is 157 Å². The number of aromatic amines is 2. The van der Waals surface area contributed by atoms with E-state index in [0.717, 1.165) is 11.1 Å². The Morgan fingerprint density at radius 1 is 1.17 bits per heavy atom. The van der Waals surface area contributed by atoms with Crippen LogP contribution in [0.4, 0.5) is 5.95 Å². The molecular weight excluding hydrogens is 385 g/mol. The number of benzene rings is 1. The van der Waals surface area contributed by atoms with Gasteiger partial charge in [-0.25, -0.2) is 0 Å². The van der Waals surface area contributed by atoms with Gasteiger partial charge < -0.3 is 25.9 Å². The molecule has 2 heterocycles. The van der Waals surface area contributed by atoms with E-state index in [1.807, 2.05) is 12.1 Å². The number of fused-ring (bicyclic) bond motifs is 1. The molecule has 0 unspecified atom stereocenters. The molecule has 2 aromatic heterocycles. The zero-order chi connectivity index (χ0) is 20.1. The molecule has 0 fully saturated rings. The van der Waals surface area contributed by atoms with Crippen LogP contribution in [0.5, 0.6) is 0 Å². The van der Waals surface area contributed by atoms with Crippen molar-refractivity contribution >= 4 is 28.9 Å². The summed E-state index contributed by atoms with van der Waals surface area (Å²) in [5, 5.41) is 13.5. The van der Waals surface area contributed by atoms with Crippen LogP contribution in [0.1, 0.15) is 34.3 Å². The van der Waals surface area contributed by atoms with E-state index in [0.29, 0.717) is 35.9 Å². The molecule has 1 aromatic carbocycles. The fourth-order valence-electron chi connectivity index (χ4n) is 2.96. The summed E-state index contributed by atoms with van der Waals surface area (Å²) in [6, 6.07) is 7.14. The maximum Gasteiger partial charge on any atom is 1.00 e. The molecule has 3 rings (SSSR count). The average Bonchev–Trinajstić information content (AvgIpc) is 3.06. The van der Waals surface area contributed by atoms with Crippen LogP contribution in [0, 0.1) is 0 Å². The molecule has 0 spiro atoms. The number of hydrogen-bond acceptors (Lipinski definition) is 6. The molecule has 0 aliphatic heterocycles. The predicted octanol–water partition coefficient (Wildman–Crippen LogP) is -3.12. The first-order valence-electron chi connectivity index (χ1n) is 8.87. The van der Waals surface area contributed by atoms with Gasteiger partial charge in [0.1, 0.15) is 5.65 Å². The average molecular weight is 405 g/mol. The number of aryl methyl sites for hydroxylation is 2. The fourth-order valence-corrected chi connectivity index (χ4v) is 2.96. The van der Waals surface area contributed by atoms with Gasteiger partial charge in [-0.05, 0) is 48.9 Å². The van der Waals surface area contributed by atoms with Crippen LogP contribution < -0.4 is 51.3 Å². The second-order valence-corrected chi connectivity index (χ2v) is 6.42. The smallest absolute Gasteiger partial charge is 0.550 e. The number of rotatable bonds is 8. The van der Waals surface area contributed by atoms with E-state index in [9.17, 15) is 19.5 Å². The molecule has 5 N–H and O–H groups in total. The monoisotopic (exact) mass is 405 g/mol. The zero-order valence-corrected chi connectivity index (χ0v) is 18.1. The number of anilines is 1. The van der Waals surface area contributed by atoms with Crippen molar-refractivity contribution in [1.82, 2.24) is 20.3 Å². The first-order chi connectivity index (χ1) is 13.4. The molecule has 0 aliphatic rings. The van der Waals surface area contributed by atoms with Gasteiger partial charge in [0.15, 0.2) is 0 Å². The van der Waals surface area contributed by atoms with Crippen molar-refractivity contribution < 1.29 is 44.3 Å². The fraction of sp³-hybridized carbons (Fsp3) is 0.263. The second kappa shape index (κ2) is 10.2. The van der Waals surface area contributed by atoms with E-state index in [2.05, 4.69) is 20.3 Å². The van der Waals surface area contributed by atoms with Gasteiger partial charge in [0.25, 0.3) is 11.5 Å². The maximum atomic E-state index is 12.1. The summed E-state index contributed by atoms with van der Waals surface area (Å²) >= 11 is 0. The first-order valence-corrected chi connectivity index (χ1v) is 8.87. The van der Waals surface area contributed by atoms with Gasteiger partial charge in [0.2, 0.25) is 5.95 Å². The van der Waals surface area contributed by atoms with Gasteiger partial charge in [0, 0.05) is 24.3 Å². The van der Waals surface area contributed by atoms with Gasteiger partial charge >= 0.3 is 29.6 Å². The molecule has 29 heavy (non-hydrogen) atoms. The third-order valence-electron chi connectivity index (χ3n) is 4.38. The molecular formula is C19H20N5NaO4. The number of carbonyl (C=O) groups is 2. The molecule has 9 nitrogen and oxygen atoms in total. The number of hydrogen-bond donors (Lipinski definition) is 4. The van der Waals surface area contributed by atoms with Crippen LogP contribution in [-0.4, -0.2) is 33.4 Å². The summed E-state index contributed by atoms with van der Waals surface area (Å²) in [6.07, 6.45) is 3.31. The summed E-state index contributed by atoms with van der Waals surface area (Å²) in [5.74, 6) is -1.31. The third kappa shape index (κ3) is 5.93. The van der Waals surface area contributed by atoms with E-state index in [1.54, 1.807) is 18.3 Å². The third-order valence-corrected chi connectivity index (χ3v) is 4.38. The largest absolute Gasteiger partial charge is 1.00 e. The standard InChI is InChI=1S/C19H21N5O4.Na/c20-19-23-16-15(18(28)24-19)13(10-22-16)8-5-11-3-6-12(7-4-11)17(27)21-9-1-2-14(25)26;/h3-4,6-7,10H,1-2,5,8-9H2,(H,21,27)(H,25,26)(H4,20,22,23,24,28);/q;+1/p-1. The van der Waals surface area contributed by atoms with E-state index >= 15 is 0 Å². The van der Waals surface area contributed by atoms with Crippen LogP contribution in [-0.2, 0) is 17.6 Å². The number of aliphatic carboxylic acids is 1. The number of amides is 1. The minimum Gasteiger partial charge on any atom is -0.550 e. The van der Waals surface area contributed by atoms with Crippen molar-refractivity contribution in [3.63, 3.8) is 0 Å². The van der Waals surface area contributed by atoms with E-state index in [4.69, 9.17) is 5.73 Å². The van der Waals surface area contributed by atoms with E-state index in [1.165, 1.54) is 0 Å². The molecule has 0 radical (unpaired) electrons. The van der Waals surface area contributed by atoms with Crippen molar-refractivity contribution in [2.24, 2.45) is 0 Å². The number of carboxylic acids is 1. The summed E-state index contributed by atoms with van der Waals surface area (Å²) in [6.45, 7) is 0.280. The van der Waals surface area contributed by atoms with Gasteiger partial charge in [-0.2, -0.15) is 4.98 Å². The van der Waals surface area contributed by atoms with Crippen molar-refractivity contribution in [3.8, 4) is 0 Å². The minimum absolute atomic E-state index is 0. The van der Waals surface area contributed by atoms with Gasteiger partial charge in [-0.15, -0.1) is 0 Å². The Labute approximate surface area is 188 Å². The van der Waals surface area contributed by atoms with Crippen LogP contribution in [0.3, 0.4) is 0 Å². The number of nitrogens with zero attached hydrogens (tertiary/aromatic N) is 1. The van der Waals surface area contributed by atoms with Crippen LogP contribution in [0.15, 0.2) is 35.3 Å². The Morgan fingerprint density at radius 3 is 2.59 bits per heavy atom. The number of aromatic nitrogens is 3. The molecule has 0 saturated heterocycles. The molecule has 0 saturated carbocycles. The number of nitrogen functional groups attached to an aromatic ring is 1. The number of nitrogens with two attached hydrogens (primary N) is 1. The zero-order valence-electron chi connectivity index (χ0n) is 16.1. The van der Waals surface area contributed by atoms with Gasteiger partial charge in [0.05, 0.1) is 5.39 Å². The first kappa shape index (κ1) is 22.7. The van der Waals surface area contributed by atoms with Gasteiger partial charge in [-0.1, -0.05) is 12.1 Å². The summed E-state index contributed by atoms with van der Waals surface area (Å²) in [5.41, 5.74) is 8.09. The number of nitrogens with one attached hydrogen (secondary N) is 3. The quantitative estimate of drug-likeness (QED) is 0.229. The molecule has 146 valence electrons. The Morgan fingerprint density at radius 2 is 1.90 bits per heavy atom. The maximum absolute atomic E-state index is 12.1. The van der Waals surface area contributed by atoms with Crippen molar-refractivity contribution in [1.29, 1.82) is 0 Å². The number of carbonyl (C=O) groups excluding carboxylic acids is 2. The van der Waals surface area contributed by atoms with E-state index < -0.39 is 5.97 Å². The Kier molecular flexibility index (Phi) is 8.00. The summed E-state index contributed by atoms with van der Waals surface area (Å²) in [7, 11) is 0. The van der Waals surface area contributed by atoms with Crippen LogP contribution >= 0.6 is 0 Å². The van der Waals surface area contributed by atoms with Crippen LogP contribution in [0.25, 0.3) is 11.0 Å². The van der Waals surface area contributed by atoms with Crippen molar-refractivity contribution in [2.75, 3.05) is 12.3 Å². The normalized spacial score (nSPS) is 10.5. The Hall–Kier alpha value is -2.62. The Balaban J connectivity index is 0.00000300. The minimum atomic E-state index is -1.13. The van der Waals surface area contributed by atoms with Gasteiger partial charge in [-0.3, -0.25) is 14.6 Å². The molecule has 10 heteroatoms. The van der Waals surface area contributed by atoms with E-state index in [-0.39, 0.29) is 59.9 Å². The SMILES string of the molecule is Nc1nc2[nH]cc(CCc3ccc(C(=O)NCCCC(=O)[O-])cc3)c2c(=O)[nH]1.[Na+]. The molecule has 3 aromatic rings. The molecule has 0 atom stereocenters. The predicted molar refractivity (Wildman–Crippen MR) is 102 cm³/mol. The van der Waals surface area contributed by atoms with Crippen molar-refractivity contribution in [3.05, 3.63) is 57.5 Å². The second-order valence-electron chi connectivity index (χ2n) is 6.42. The van der Waals surface area contributed by atoms with Crippen LogP contribution in [0.2, 0.25) is 0 Å². The number of H-pyrrole nitrogens is 2. The van der Waals surface area contributed by atoms with Crippen molar-refractivity contribution in [2.45, 2.75) is 25.7 Å². The Bertz CT molecular complexity index is 1060. The molecule has 1 amide bonds.